The first-order valence-electron chi connectivity index (χ1n) is 8.18. The smallest absolute Gasteiger partial charge is 0.306 e. The molecule has 128 valence electrons. The third-order valence-corrected chi connectivity index (χ3v) is 4.44. The fourth-order valence-electron chi connectivity index (χ4n) is 2.01. The molecule has 0 N–H and O–H groups in total. The average molecular weight is 432 g/mol. The molecule has 1 rings (SSSR count). The Kier molecular flexibility index (Phi) is 10.7. The van der Waals surface area contributed by atoms with Gasteiger partial charge in [-0.1, -0.05) is 50.8 Å². The van der Waals surface area contributed by atoms with Gasteiger partial charge >= 0.3 is 11.9 Å². The van der Waals surface area contributed by atoms with Crippen molar-refractivity contribution >= 4 is 34.5 Å². The van der Waals surface area contributed by atoms with E-state index in [2.05, 4.69) is 29.5 Å². The van der Waals surface area contributed by atoms with Gasteiger partial charge < -0.3 is 9.47 Å². The van der Waals surface area contributed by atoms with Crippen LogP contribution in [0.2, 0.25) is 0 Å². The molecular formula is C18H25IO4. The van der Waals surface area contributed by atoms with Gasteiger partial charge in [-0.15, -0.1) is 0 Å². The first-order chi connectivity index (χ1) is 11.1. The van der Waals surface area contributed by atoms with Crippen LogP contribution in [0.4, 0.5) is 0 Å². The lowest BCUT2D eigenvalue weighted by molar-refractivity contribution is -0.151. The molecule has 4 nitrogen and oxygen atoms in total. The van der Waals surface area contributed by atoms with E-state index < -0.39 is 0 Å². The van der Waals surface area contributed by atoms with Gasteiger partial charge in [-0.05, 0) is 35.1 Å². The third-order valence-electron chi connectivity index (χ3n) is 3.39. The zero-order chi connectivity index (χ0) is 16.9. The van der Waals surface area contributed by atoms with Crippen molar-refractivity contribution < 1.29 is 19.1 Å². The number of benzene rings is 1. The van der Waals surface area contributed by atoms with Crippen LogP contribution in [-0.2, 0) is 25.7 Å². The number of esters is 2. The summed E-state index contributed by atoms with van der Waals surface area (Å²) in [6, 6.07) is 7.72. The Morgan fingerprint density at radius 3 is 2.30 bits per heavy atom. The van der Waals surface area contributed by atoms with E-state index in [0.717, 1.165) is 22.0 Å². The molecular weight excluding hydrogens is 407 g/mol. The van der Waals surface area contributed by atoms with Crippen LogP contribution in [-0.4, -0.2) is 18.5 Å². The van der Waals surface area contributed by atoms with Gasteiger partial charge in [0.05, 0.1) is 19.4 Å². The van der Waals surface area contributed by atoms with Gasteiger partial charge in [0, 0.05) is 9.13 Å². The predicted octanol–water partition coefficient (Wildman–Crippen LogP) is 4.63. The lowest BCUT2D eigenvalue weighted by Gasteiger charge is -2.07. The maximum absolute atomic E-state index is 11.6. The highest BCUT2D eigenvalue weighted by molar-refractivity contribution is 14.1. The summed E-state index contributed by atoms with van der Waals surface area (Å²) in [7, 11) is 0. The predicted molar refractivity (Wildman–Crippen MR) is 97.9 cm³/mol. The minimum atomic E-state index is -0.371. The Bertz CT molecular complexity index is 488. The lowest BCUT2D eigenvalue weighted by atomic mass is 10.2. The second kappa shape index (κ2) is 12.3. The molecule has 0 aromatic heterocycles. The van der Waals surface area contributed by atoms with Crippen molar-refractivity contribution in [1.29, 1.82) is 0 Å². The maximum Gasteiger partial charge on any atom is 0.306 e. The summed E-state index contributed by atoms with van der Waals surface area (Å²) in [4.78, 5) is 23.2. The van der Waals surface area contributed by atoms with Crippen LogP contribution in [0.15, 0.2) is 24.3 Å². The standard InChI is InChI=1S/C18H25IO4/c1-2-3-4-5-8-13-22-17(20)11-12-18(21)23-14-15-9-6-7-10-16(15)19/h6-7,9-10H,2-5,8,11-14H2,1H3. The van der Waals surface area contributed by atoms with Gasteiger partial charge in [-0.2, -0.15) is 0 Å². The van der Waals surface area contributed by atoms with Crippen LogP contribution in [0.5, 0.6) is 0 Å². The second-order valence-corrected chi connectivity index (χ2v) is 6.55. The Hall–Kier alpha value is -1.11. The van der Waals surface area contributed by atoms with Crippen LogP contribution >= 0.6 is 22.6 Å². The van der Waals surface area contributed by atoms with Crippen molar-refractivity contribution in [2.24, 2.45) is 0 Å². The molecule has 5 heteroatoms. The zero-order valence-corrected chi connectivity index (χ0v) is 15.8. The molecule has 0 spiro atoms. The largest absolute Gasteiger partial charge is 0.466 e. The molecule has 0 bridgehead atoms. The molecule has 0 unspecified atom stereocenters. The van der Waals surface area contributed by atoms with Gasteiger partial charge in [0.25, 0.3) is 0 Å². The Balaban J connectivity index is 2.08. The van der Waals surface area contributed by atoms with E-state index in [4.69, 9.17) is 9.47 Å². The molecule has 23 heavy (non-hydrogen) atoms. The minimum Gasteiger partial charge on any atom is -0.466 e. The van der Waals surface area contributed by atoms with Gasteiger partial charge in [0.15, 0.2) is 0 Å². The van der Waals surface area contributed by atoms with E-state index in [-0.39, 0.29) is 31.4 Å². The van der Waals surface area contributed by atoms with Gasteiger partial charge in [-0.25, -0.2) is 0 Å². The van der Waals surface area contributed by atoms with E-state index in [9.17, 15) is 9.59 Å². The SMILES string of the molecule is CCCCCCCOC(=O)CCC(=O)OCc1ccccc1I. The molecule has 0 fully saturated rings. The summed E-state index contributed by atoms with van der Waals surface area (Å²) in [6.45, 7) is 2.85. The van der Waals surface area contributed by atoms with Crippen molar-refractivity contribution in [3.63, 3.8) is 0 Å². The molecule has 0 aliphatic heterocycles. The fourth-order valence-corrected chi connectivity index (χ4v) is 2.56. The van der Waals surface area contributed by atoms with Crippen molar-refractivity contribution in [3.05, 3.63) is 33.4 Å². The number of unbranched alkanes of at least 4 members (excludes halogenated alkanes) is 4. The molecule has 0 saturated carbocycles. The van der Waals surface area contributed by atoms with Gasteiger partial charge in [0.1, 0.15) is 6.61 Å². The summed E-state index contributed by atoms with van der Waals surface area (Å²) in [5.74, 6) is -0.698. The summed E-state index contributed by atoms with van der Waals surface area (Å²) in [5, 5.41) is 0. The number of carbonyl (C=O) groups excluding carboxylic acids is 2. The highest BCUT2D eigenvalue weighted by atomic mass is 127. The van der Waals surface area contributed by atoms with E-state index in [1.54, 1.807) is 0 Å². The summed E-state index contributed by atoms with van der Waals surface area (Å²) in [6.07, 6.45) is 5.72. The normalized spacial score (nSPS) is 10.3. The van der Waals surface area contributed by atoms with E-state index in [1.165, 1.54) is 19.3 Å². The topological polar surface area (TPSA) is 52.6 Å². The van der Waals surface area contributed by atoms with Crippen LogP contribution in [0, 0.1) is 3.57 Å². The van der Waals surface area contributed by atoms with Crippen LogP contribution in [0.3, 0.4) is 0 Å². The average Bonchev–Trinajstić information content (AvgIpc) is 2.55. The fraction of sp³-hybridized carbons (Fsp3) is 0.556. The monoisotopic (exact) mass is 432 g/mol. The highest BCUT2D eigenvalue weighted by Crippen LogP contribution is 2.13. The Morgan fingerprint density at radius 1 is 0.957 bits per heavy atom. The summed E-state index contributed by atoms with van der Waals surface area (Å²) >= 11 is 2.20. The van der Waals surface area contributed by atoms with Crippen molar-refractivity contribution in [1.82, 2.24) is 0 Å². The van der Waals surface area contributed by atoms with Crippen molar-refractivity contribution in [3.8, 4) is 0 Å². The Labute approximate surface area is 152 Å². The second-order valence-electron chi connectivity index (χ2n) is 5.39. The maximum atomic E-state index is 11.6. The van der Waals surface area contributed by atoms with Gasteiger partial charge in [-0.3, -0.25) is 9.59 Å². The molecule has 0 saturated heterocycles. The third kappa shape index (κ3) is 9.58. The van der Waals surface area contributed by atoms with Crippen molar-refractivity contribution in [2.75, 3.05) is 6.61 Å². The molecule has 0 aliphatic carbocycles. The van der Waals surface area contributed by atoms with Crippen LogP contribution in [0.1, 0.15) is 57.4 Å². The molecule has 0 radical (unpaired) electrons. The van der Waals surface area contributed by atoms with E-state index in [0.29, 0.717) is 6.61 Å². The molecule has 0 heterocycles. The minimum absolute atomic E-state index is 0.0675. The lowest BCUT2D eigenvalue weighted by Crippen LogP contribution is -2.11. The number of carbonyl (C=O) groups is 2. The zero-order valence-electron chi connectivity index (χ0n) is 13.7. The quantitative estimate of drug-likeness (QED) is 0.291. The molecule has 0 atom stereocenters. The van der Waals surface area contributed by atoms with Gasteiger partial charge in [0.2, 0.25) is 0 Å². The van der Waals surface area contributed by atoms with E-state index >= 15 is 0 Å². The summed E-state index contributed by atoms with van der Waals surface area (Å²) in [5.41, 5.74) is 0.969. The van der Waals surface area contributed by atoms with Crippen LogP contribution < -0.4 is 0 Å². The highest BCUT2D eigenvalue weighted by Gasteiger charge is 2.10. The Morgan fingerprint density at radius 2 is 1.61 bits per heavy atom. The molecule has 0 amide bonds. The number of ether oxygens (including phenoxy) is 2. The number of rotatable bonds is 11. The number of hydrogen-bond acceptors (Lipinski definition) is 4. The van der Waals surface area contributed by atoms with Crippen molar-refractivity contribution in [2.45, 2.75) is 58.5 Å². The van der Waals surface area contributed by atoms with Crippen LogP contribution in [0.25, 0.3) is 0 Å². The number of halogens is 1. The number of hydrogen-bond donors (Lipinski definition) is 0. The van der Waals surface area contributed by atoms with E-state index in [1.807, 2.05) is 24.3 Å². The first kappa shape index (κ1) is 19.9. The molecule has 1 aromatic carbocycles. The molecule has 1 aromatic rings. The molecule has 0 aliphatic rings. The first-order valence-corrected chi connectivity index (χ1v) is 9.26. The summed E-state index contributed by atoms with van der Waals surface area (Å²) < 4.78 is 11.3.